The van der Waals surface area contributed by atoms with Gasteiger partial charge in [-0.15, -0.1) is 22.8 Å². The maximum absolute atomic E-state index is 10.1. The average molecular weight is 203 g/mol. The first kappa shape index (κ1) is 10.0. The summed E-state index contributed by atoms with van der Waals surface area (Å²) in [6.07, 6.45) is 0. The van der Waals surface area contributed by atoms with E-state index in [0.29, 0.717) is 11.0 Å². The molecule has 0 spiro atoms. The molecule has 0 fully saturated rings. The van der Waals surface area contributed by atoms with E-state index in [0.717, 1.165) is 0 Å². The lowest BCUT2D eigenvalue weighted by Crippen LogP contribution is -2.09. The molecule has 0 unspecified atom stereocenters. The fourth-order valence-corrected chi connectivity index (χ4v) is 0.868. The van der Waals surface area contributed by atoms with Crippen LogP contribution in [0.4, 0.5) is 0 Å². The second-order valence-corrected chi connectivity index (χ2v) is 2.76. The van der Waals surface area contributed by atoms with Gasteiger partial charge in [0.1, 0.15) is 13.2 Å². The zero-order valence-electron chi connectivity index (χ0n) is 6.97. The number of thiol groups is 1. The van der Waals surface area contributed by atoms with Crippen LogP contribution >= 0.6 is 12.6 Å². The van der Waals surface area contributed by atoms with Gasteiger partial charge in [0.05, 0.1) is 0 Å². The van der Waals surface area contributed by atoms with Crippen molar-refractivity contribution in [3.8, 4) is 0 Å². The molecule has 0 saturated heterocycles. The first-order valence-electron chi connectivity index (χ1n) is 3.48. The van der Waals surface area contributed by atoms with E-state index in [1.807, 2.05) is 0 Å². The van der Waals surface area contributed by atoms with E-state index in [1.54, 1.807) is 11.6 Å². The molecule has 72 valence electrons. The van der Waals surface area contributed by atoms with E-state index in [4.69, 9.17) is 9.84 Å². The molecule has 6 nitrogen and oxygen atoms in total. The van der Waals surface area contributed by atoms with Crippen molar-refractivity contribution in [2.75, 3.05) is 6.61 Å². The van der Waals surface area contributed by atoms with Crippen LogP contribution in [0.25, 0.3) is 0 Å². The minimum Gasteiger partial charge on any atom is -0.480 e. The van der Waals surface area contributed by atoms with Crippen LogP contribution in [0.3, 0.4) is 0 Å². The Kier molecular flexibility index (Phi) is 3.26. The van der Waals surface area contributed by atoms with Crippen LogP contribution in [0.5, 0.6) is 0 Å². The summed E-state index contributed by atoms with van der Waals surface area (Å²) in [6.45, 7) is -0.217. The lowest BCUT2D eigenvalue weighted by atomic mass is 10.6. The predicted octanol–water partition coefficient (Wildman–Crippen LogP) is -0.295. The van der Waals surface area contributed by atoms with Gasteiger partial charge in [0.15, 0.2) is 11.0 Å². The fraction of sp³-hybridized carbons (Fsp3) is 0.500. The van der Waals surface area contributed by atoms with Gasteiger partial charge in [0.2, 0.25) is 0 Å². The van der Waals surface area contributed by atoms with Gasteiger partial charge in [-0.05, 0) is 0 Å². The number of carbonyl (C=O) groups is 1. The third-order valence-electron chi connectivity index (χ3n) is 1.40. The number of rotatable bonds is 4. The largest absolute Gasteiger partial charge is 0.480 e. The van der Waals surface area contributed by atoms with Crippen molar-refractivity contribution >= 4 is 18.6 Å². The van der Waals surface area contributed by atoms with Gasteiger partial charge in [-0.2, -0.15) is 0 Å². The number of hydrogen-bond acceptors (Lipinski definition) is 5. The molecule has 1 N–H and O–H groups in total. The third kappa shape index (κ3) is 2.71. The van der Waals surface area contributed by atoms with Gasteiger partial charge in [0.25, 0.3) is 0 Å². The Morgan fingerprint density at radius 3 is 2.85 bits per heavy atom. The Balaban J connectivity index is 2.45. The number of carboxylic acid groups (broad SMARTS) is 1. The van der Waals surface area contributed by atoms with Gasteiger partial charge in [-0.1, -0.05) is 0 Å². The molecule has 0 bridgehead atoms. The van der Waals surface area contributed by atoms with E-state index in [9.17, 15) is 4.79 Å². The van der Waals surface area contributed by atoms with Crippen molar-refractivity contribution in [1.29, 1.82) is 0 Å². The lowest BCUT2D eigenvalue weighted by Gasteiger charge is -2.00. The zero-order chi connectivity index (χ0) is 9.84. The summed E-state index contributed by atoms with van der Waals surface area (Å²) in [5.74, 6) is -0.459. The van der Waals surface area contributed by atoms with E-state index < -0.39 is 5.97 Å². The monoisotopic (exact) mass is 203 g/mol. The molecular formula is C6H9N3O3S. The Labute approximate surface area is 79.9 Å². The highest BCUT2D eigenvalue weighted by atomic mass is 32.1. The van der Waals surface area contributed by atoms with Crippen molar-refractivity contribution < 1.29 is 14.6 Å². The van der Waals surface area contributed by atoms with E-state index >= 15 is 0 Å². The highest BCUT2D eigenvalue weighted by Crippen LogP contribution is 2.03. The van der Waals surface area contributed by atoms with Crippen LogP contribution in [-0.2, 0) is 23.2 Å². The van der Waals surface area contributed by atoms with Crippen LogP contribution in [0.15, 0.2) is 5.16 Å². The molecule has 1 rings (SSSR count). The van der Waals surface area contributed by atoms with Crippen LogP contribution < -0.4 is 0 Å². The summed E-state index contributed by atoms with van der Waals surface area (Å²) in [5, 5.41) is 16.1. The van der Waals surface area contributed by atoms with Gasteiger partial charge >= 0.3 is 5.97 Å². The lowest BCUT2D eigenvalue weighted by molar-refractivity contribution is -0.142. The summed E-state index contributed by atoms with van der Waals surface area (Å²) < 4.78 is 6.43. The zero-order valence-corrected chi connectivity index (χ0v) is 7.86. The second kappa shape index (κ2) is 4.24. The van der Waals surface area contributed by atoms with Gasteiger partial charge in [-0.25, -0.2) is 4.79 Å². The van der Waals surface area contributed by atoms with Crippen molar-refractivity contribution in [3.63, 3.8) is 0 Å². The maximum Gasteiger partial charge on any atom is 0.329 e. The first-order valence-corrected chi connectivity index (χ1v) is 3.92. The highest BCUT2D eigenvalue weighted by Gasteiger charge is 2.05. The van der Waals surface area contributed by atoms with Crippen molar-refractivity contribution in [2.45, 2.75) is 11.8 Å². The second-order valence-electron chi connectivity index (χ2n) is 2.36. The van der Waals surface area contributed by atoms with Crippen molar-refractivity contribution in [2.24, 2.45) is 7.05 Å². The summed E-state index contributed by atoms with van der Waals surface area (Å²) in [7, 11) is 1.72. The molecule has 0 aromatic carbocycles. The number of aliphatic carboxylic acids is 1. The molecule has 1 aromatic heterocycles. The molecule has 0 aliphatic carbocycles. The summed E-state index contributed by atoms with van der Waals surface area (Å²) in [6, 6.07) is 0. The molecular weight excluding hydrogens is 194 g/mol. The number of aromatic nitrogens is 3. The Morgan fingerprint density at radius 1 is 1.69 bits per heavy atom. The molecule has 0 saturated carbocycles. The maximum atomic E-state index is 10.1. The Hall–Kier alpha value is -1.08. The number of hydrogen-bond donors (Lipinski definition) is 2. The highest BCUT2D eigenvalue weighted by molar-refractivity contribution is 7.80. The standard InChI is InChI=1S/C6H9N3O3S/c1-9-4(7-8-6(9)13)2-12-3-5(10)11/h2-3H2,1H3,(H,8,13)(H,10,11). The van der Waals surface area contributed by atoms with E-state index in [1.165, 1.54) is 0 Å². The van der Waals surface area contributed by atoms with Gasteiger partial charge in [-0.3, -0.25) is 0 Å². The molecule has 0 radical (unpaired) electrons. The molecule has 13 heavy (non-hydrogen) atoms. The van der Waals surface area contributed by atoms with Crippen LogP contribution in [-0.4, -0.2) is 32.4 Å². The third-order valence-corrected chi connectivity index (χ3v) is 1.79. The molecule has 1 aromatic rings. The predicted molar refractivity (Wildman–Crippen MR) is 45.5 cm³/mol. The molecule has 7 heteroatoms. The van der Waals surface area contributed by atoms with Crippen molar-refractivity contribution in [3.05, 3.63) is 5.82 Å². The molecule has 0 atom stereocenters. The van der Waals surface area contributed by atoms with Crippen LogP contribution in [0.2, 0.25) is 0 Å². The average Bonchev–Trinajstić information content (AvgIpc) is 2.35. The summed E-state index contributed by atoms with van der Waals surface area (Å²) in [4.78, 5) is 10.1. The summed E-state index contributed by atoms with van der Waals surface area (Å²) in [5.41, 5.74) is 0. The number of nitrogens with zero attached hydrogens (tertiary/aromatic N) is 3. The SMILES string of the molecule is Cn1c(S)nnc1COCC(=O)O. The number of ether oxygens (including phenoxy) is 1. The first-order chi connectivity index (χ1) is 6.11. The molecule has 0 amide bonds. The van der Waals surface area contributed by atoms with Gasteiger partial charge < -0.3 is 14.4 Å². The normalized spacial score (nSPS) is 10.3. The van der Waals surface area contributed by atoms with Gasteiger partial charge in [0, 0.05) is 7.05 Å². The molecule has 1 heterocycles. The van der Waals surface area contributed by atoms with Crippen LogP contribution in [0.1, 0.15) is 5.82 Å². The van der Waals surface area contributed by atoms with E-state index in [2.05, 4.69) is 22.8 Å². The molecule has 0 aliphatic rings. The molecule has 0 aliphatic heterocycles. The topological polar surface area (TPSA) is 77.2 Å². The minimum absolute atomic E-state index is 0.121. The minimum atomic E-state index is -1.01. The van der Waals surface area contributed by atoms with Crippen molar-refractivity contribution in [1.82, 2.24) is 14.8 Å². The summed E-state index contributed by atoms with van der Waals surface area (Å²) >= 11 is 4.00. The quantitative estimate of drug-likeness (QED) is 0.657. The fourth-order valence-electron chi connectivity index (χ4n) is 0.707. The Morgan fingerprint density at radius 2 is 2.38 bits per heavy atom. The van der Waals surface area contributed by atoms with E-state index in [-0.39, 0.29) is 13.2 Å². The van der Waals surface area contributed by atoms with Crippen LogP contribution in [0, 0.1) is 0 Å². The smallest absolute Gasteiger partial charge is 0.329 e. The number of carboxylic acids is 1. The Bertz CT molecular complexity index is 312.